The zero-order chi connectivity index (χ0) is 13.6. The Morgan fingerprint density at radius 2 is 1.75 bits per heavy atom. The molecule has 0 fully saturated rings. The molecule has 0 aliphatic heterocycles. The van der Waals surface area contributed by atoms with Crippen molar-refractivity contribution in [1.29, 1.82) is 0 Å². The molecule has 1 unspecified atom stereocenters. The molecule has 0 aromatic rings. The first-order chi connectivity index (χ1) is 6.95. The fourth-order valence-corrected chi connectivity index (χ4v) is 0.552. The number of carbonyl (C=O) groups excluding carboxylic acids is 1. The fraction of sp³-hybridized carbons (Fsp3) is 0.667. The van der Waals surface area contributed by atoms with Crippen LogP contribution in [0.25, 0.3) is 0 Å². The lowest BCUT2D eigenvalue weighted by molar-refractivity contribution is -0.884. The zero-order valence-corrected chi connectivity index (χ0v) is 11.1. The van der Waals surface area contributed by atoms with Gasteiger partial charge in [0.2, 0.25) is 16.2 Å². The van der Waals surface area contributed by atoms with E-state index in [0.29, 0.717) is 4.48 Å². The van der Waals surface area contributed by atoms with Crippen LogP contribution < -0.4 is 0 Å². The molecule has 0 N–H and O–H groups in total. The summed E-state index contributed by atoms with van der Waals surface area (Å²) in [7, 11) is 2.37. The van der Waals surface area contributed by atoms with Crippen LogP contribution in [0.5, 0.6) is 0 Å². The number of likely N-dealkylation sites (N-methyl/N-ethyl adjacent to an activating group) is 1. The number of ketones is 1. The highest BCUT2D eigenvalue weighted by atomic mass is 32.3. The quantitative estimate of drug-likeness (QED) is 0.303. The van der Waals surface area contributed by atoms with E-state index >= 15 is 0 Å². The molecule has 0 heterocycles. The molecule has 0 aliphatic carbocycles. The van der Waals surface area contributed by atoms with Crippen LogP contribution >= 0.6 is 0 Å². The van der Waals surface area contributed by atoms with Crippen molar-refractivity contribution in [3.8, 4) is 0 Å². The maximum atomic E-state index is 11.0. The van der Waals surface area contributed by atoms with E-state index < -0.39 is 10.4 Å². The van der Waals surface area contributed by atoms with Gasteiger partial charge in [0.1, 0.15) is 6.04 Å². The topological polar surface area (TPSA) is 83.5 Å². The summed E-state index contributed by atoms with van der Waals surface area (Å²) in [4.78, 5) is 11.0. The van der Waals surface area contributed by atoms with E-state index in [1.54, 1.807) is 0 Å². The molecule has 0 rings (SSSR count). The molecular formula is C9H19NO5S. The summed E-state index contributed by atoms with van der Waals surface area (Å²) in [6.07, 6.45) is 1.38. The van der Waals surface area contributed by atoms with E-state index in [-0.39, 0.29) is 11.8 Å². The van der Waals surface area contributed by atoms with Crippen molar-refractivity contribution in [2.24, 2.45) is 0 Å². The first-order valence-corrected chi connectivity index (χ1v) is 5.78. The summed E-state index contributed by atoms with van der Waals surface area (Å²) in [5.74, 6) is 0.104. The van der Waals surface area contributed by atoms with Gasteiger partial charge in [0, 0.05) is 0 Å². The zero-order valence-electron chi connectivity index (χ0n) is 10.3. The number of rotatable bonds is 4. The third-order valence-corrected chi connectivity index (χ3v) is 2.39. The van der Waals surface area contributed by atoms with E-state index in [2.05, 4.69) is 10.8 Å². The molecule has 0 radical (unpaired) electrons. The van der Waals surface area contributed by atoms with Crippen molar-refractivity contribution in [3.63, 3.8) is 0 Å². The van der Waals surface area contributed by atoms with Crippen LogP contribution in [-0.2, 0) is 19.4 Å². The molecule has 1 atom stereocenters. The van der Waals surface area contributed by atoms with E-state index in [1.165, 1.54) is 6.08 Å². The Balaban J connectivity index is 0. The largest absolute Gasteiger partial charge is 0.726 e. The number of nitrogens with zero attached hydrogens (tertiary/aromatic N) is 1. The van der Waals surface area contributed by atoms with Crippen LogP contribution in [-0.4, -0.2) is 57.5 Å². The summed E-state index contributed by atoms with van der Waals surface area (Å²) >= 11 is 0. The Labute approximate surface area is 97.1 Å². The molecule has 0 aromatic carbocycles. The van der Waals surface area contributed by atoms with Gasteiger partial charge in [-0.05, 0) is 13.0 Å². The normalized spacial score (nSPS) is 13.4. The summed E-state index contributed by atoms with van der Waals surface area (Å²) in [6.45, 7) is 5.34. The second-order valence-corrected chi connectivity index (χ2v) is 5.12. The van der Waals surface area contributed by atoms with Gasteiger partial charge in [-0.15, -0.1) is 0 Å². The van der Waals surface area contributed by atoms with Gasteiger partial charge in [0.05, 0.1) is 28.3 Å². The van der Waals surface area contributed by atoms with Crippen molar-refractivity contribution < 1.29 is 26.4 Å². The van der Waals surface area contributed by atoms with Gasteiger partial charge >= 0.3 is 0 Å². The lowest BCUT2D eigenvalue weighted by atomic mass is 10.2. The van der Waals surface area contributed by atoms with E-state index in [0.717, 1.165) is 7.11 Å². The van der Waals surface area contributed by atoms with E-state index in [9.17, 15) is 17.8 Å². The molecule has 0 aliphatic rings. The third-order valence-electron chi connectivity index (χ3n) is 1.98. The van der Waals surface area contributed by atoms with Gasteiger partial charge in [-0.1, -0.05) is 6.58 Å². The summed E-state index contributed by atoms with van der Waals surface area (Å²) < 4.78 is 31.7. The van der Waals surface area contributed by atoms with Crippen LogP contribution in [0, 0.1) is 0 Å². The Hall–Kier alpha value is -0.760. The van der Waals surface area contributed by atoms with E-state index in [4.69, 9.17) is 0 Å². The third kappa shape index (κ3) is 9.78. The van der Waals surface area contributed by atoms with Crippen LogP contribution in [0.3, 0.4) is 0 Å². The molecule has 0 amide bonds. The van der Waals surface area contributed by atoms with Crippen molar-refractivity contribution >= 4 is 16.2 Å². The Morgan fingerprint density at radius 3 is 1.81 bits per heavy atom. The second-order valence-electron chi connectivity index (χ2n) is 3.97. The molecular weight excluding hydrogens is 234 g/mol. The smallest absolute Gasteiger partial charge is 0.217 e. The lowest BCUT2D eigenvalue weighted by Gasteiger charge is -2.29. The highest BCUT2D eigenvalue weighted by molar-refractivity contribution is 7.80. The van der Waals surface area contributed by atoms with Crippen LogP contribution in [0.15, 0.2) is 12.7 Å². The Bertz CT molecular complexity index is 328. The summed E-state index contributed by atoms with van der Waals surface area (Å²) in [5, 5.41) is 0. The monoisotopic (exact) mass is 253 g/mol. The highest BCUT2D eigenvalue weighted by Gasteiger charge is 2.23. The molecule has 16 heavy (non-hydrogen) atoms. The predicted molar refractivity (Wildman–Crippen MR) is 59.4 cm³/mol. The van der Waals surface area contributed by atoms with Crippen LogP contribution in [0.4, 0.5) is 0 Å². The van der Waals surface area contributed by atoms with E-state index in [1.807, 2.05) is 28.1 Å². The first-order valence-electron chi connectivity index (χ1n) is 4.44. The second kappa shape index (κ2) is 6.74. The number of hydrogen-bond acceptors (Lipinski definition) is 5. The molecule has 0 aromatic heterocycles. The van der Waals surface area contributed by atoms with Crippen LogP contribution in [0.1, 0.15) is 6.92 Å². The van der Waals surface area contributed by atoms with Gasteiger partial charge < -0.3 is 9.04 Å². The van der Waals surface area contributed by atoms with Gasteiger partial charge in [-0.2, -0.15) is 0 Å². The van der Waals surface area contributed by atoms with Gasteiger partial charge in [0.15, 0.2) is 0 Å². The maximum absolute atomic E-state index is 11.0. The van der Waals surface area contributed by atoms with Crippen molar-refractivity contribution in [2.75, 3.05) is 28.3 Å². The van der Waals surface area contributed by atoms with Gasteiger partial charge in [-0.3, -0.25) is 8.98 Å². The molecule has 0 saturated carbocycles. The SMILES string of the molecule is C=CC(=O)C(C)[N+](C)(C)C.COS(=O)(=O)[O-]. The molecule has 0 bridgehead atoms. The van der Waals surface area contributed by atoms with Gasteiger partial charge in [0.25, 0.3) is 0 Å². The number of carbonyl (C=O) groups is 1. The van der Waals surface area contributed by atoms with Gasteiger partial charge in [-0.25, -0.2) is 8.42 Å². The van der Waals surface area contributed by atoms with Crippen molar-refractivity contribution in [2.45, 2.75) is 13.0 Å². The number of quaternary nitrogens is 1. The van der Waals surface area contributed by atoms with Crippen LogP contribution in [0.2, 0.25) is 0 Å². The molecule has 0 saturated heterocycles. The lowest BCUT2D eigenvalue weighted by Crippen LogP contribution is -2.47. The molecule has 96 valence electrons. The average molecular weight is 253 g/mol. The standard InChI is InChI=1S/C8H16NO.CH4O4S/c1-6-8(10)7(2)9(3,4)5;1-5-6(2,3)4/h6-7H,1H2,2-5H3;1H3,(H,2,3,4)/q+1;/p-1. The molecule has 0 spiro atoms. The summed E-state index contributed by atoms with van der Waals surface area (Å²) in [5.41, 5.74) is 0. The maximum Gasteiger partial charge on any atom is 0.217 e. The van der Waals surface area contributed by atoms with Crippen molar-refractivity contribution in [1.82, 2.24) is 0 Å². The minimum Gasteiger partial charge on any atom is -0.726 e. The fourth-order valence-electron chi connectivity index (χ4n) is 0.552. The highest BCUT2D eigenvalue weighted by Crippen LogP contribution is 2.02. The molecule has 7 heteroatoms. The Morgan fingerprint density at radius 1 is 1.44 bits per heavy atom. The minimum atomic E-state index is -4.41. The van der Waals surface area contributed by atoms with Crippen molar-refractivity contribution in [3.05, 3.63) is 12.7 Å². The predicted octanol–water partition coefficient (Wildman–Crippen LogP) is -0.0708. The first kappa shape index (κ1) is 17.6. The summed E-state index contributed by atoms with van der Waals surface area (Å²) in [6, 6.07) is 0.0116. The Kier molecular flexibility index (Phi) is 7.43. The average Bonchev–Trinajstić information content (AvgIpc) is 2.14. The minimum absolute atomic E-state index is 0.0116. The molecule has 6 nitrogen and oxygen atoms in total. The number of hydrogen-bond donors (Lipinski definition) is 0.